The number of benzene rings is 2. The van der Waals surface area contributed by atoms with Gasteiger partial charge < -0.3 is 15.8 Å². The molecule has 0 bridgehead atoms. The second-order valence-corrected chi connectivity index (χ2v) is 8.15. The van der Waals surface area contributed by atoms with Crippen molar-refractivity contribution in [2.75, 3.05) is 23.3 Å². The molecule has 1 unspecified atom stereocenters. The Balaban J connectivity index is 1.70. The number of carbonyl (C=O) groups is 1. The Morgan fingerprint density at radius 3 is 2.41 bits per heavy atom. The zero-order valence-electron chi connectivity index (χ0n) is 14.8. The average Bonchev–Trinajstić information content (AvgIpc) is 2.69. The molecule has 7 nitrogen and oxygen atoms in total. The second kappa shape index (κ2) is 8.51. The van der Waals surface area contributed by atoms with Crippen molar-refractivity contribution in [2.45, 2.75) is 23.8 Å². The highest BCUT2D eigenvalue weighted by atomic mass is 32.2. The molecule has 1 heterocycles. The molecule has 1 aliphatic rings. The number of sulfonamides is 1. The third kappa shape index (κ3) is 5.06. The number of rotatable bonds is 6. The first-order chi connectivity index (χ1) is 13.0. The van der Waals surface area contributed by atoms with E-state index in [4.69, 9.17) is 10.5 Å². The van der Waals surface area contributed by atoms with Gasteiger partial charge in [0, 0.05) is 24.6 Å². The van der Waals surface area contributed by atoms with Crippen molar-refractivity contribution in [3.8, 4) is 0 Å². The minimum absolute atomic E-state index is 0.0591. The van der Waals surface area contributed by atoms with Crippen LogP contribution in [-0.4, -0.2) is 33.6 Å². The van der Waals surface area contributed by atoms with Gasteiger partial charge in [-0.1, -0.05) is 24.3 Å². The van der Waals surface area contributed by atoms with Crippen LogP contribution in [0.1, 0.15) is 12.8 Å². The Bertz CT molecular complexity index is 881. The maximum absolute atomic E-state index is 12.6. The van der Waals surface area contributed by atoms with Gasteiger partial charge in [0.15, 0.2) is 0 Å². The largest absolute Gasteiger partial charge is 0.381 e. The lowest BCUT2D eigenvalue weighted by Crippen LogP contribution is -2.44. The summed E-state index contributed by atoms with van der Waals surface area (Å²) < 4.78 is 32.9. The summed E-state index contributed by atoms with van der Waals surface area (Å²) in [5.41, 5.74) is 6.92. The Morgan fingerprint density at radius 2 is 1.70 bits per heavy atom. The second-order valence-electron chi connectivity index (χ2n) is 6.46. The number of para-hydroxylation sites is 1. The van der Waals surface area contributed by atoms with Crippen LogP contribution < -0.4 is 15.8 Å². The Hall–Kier alpha value is -2.42. The Morgan fingerprint density at radius 1 is 1.04 bits per heavy atom. The van der Waals surface area contributed by atoms with Crippen LogP contribution in [0.2, 0.25) is 0 Å². The van der Waals surface area contributed by atoms with E-state index < -0.39 is 16.1 Å². The minimum atomic E-state index is -3.76. The normalized spacial score (nSPS) is 16.5. The van der Waals surface area contributed by atoms with Gasteiger partial charge >= 0.3 is 0 Å². The lowest BCUT2D eigenvalue weighted by Gasteiger charge is -2.26. The van der Waals surface area contributed by atoms with Crippen LogP contribution in [0.15, 0.2) is 59.5 Å². The Labute approximate surface area is 159 Å². The molecule has 2 aromatic carbocycles. The highest BCUT2D eigenvalue weighted by Crippen LogP contribution is 2.21. The molecule has 8 heteroatoms. The lowest BCUT2D eigenvalue weighted by molar-refractivity contribution is -0.119. The number of ether oxygens (including phenoxy) is 1. The summed E-state index contributed by atoms with van der Waals surface area (Å²) >= 11 is 0. The molecule has 0 aromatic heterocycles. The number of amides is 1. The minimum Gasteiger partial charge on any atom is -0.381 e. The first-order valence-electron chi connectivity index (χ1n) is 8.78. The highest BCUT2D eigenvalue weighted by molar-refractivity contribution is 7.92. The van der Waals surface area contributed by atoms with E-state index in [0.717, 1.165) is 12.8 Å². The van der Waals surface area contributed by atoms with Gasteiger partial charge in [-0.25, -0.2) is 8.42 Å². The van der Waals surface area contributed by atoms with E-state index in [1.165, 1.54) is 12.1 Å². The Kier molecular flexibility index (Phi) is 6.10. The summed E-state index contributed by atoms with van der Waals surface area (Å²) in [6.45, 7) is 1.20. The lowest BCUT2D eigenvalue weighted by atomic mass is 9.92. The van der Waals surface area contributed by atoms with Gasteiger partial charge in [0.25, 0.3) is 10.0 Å². The molecule has 0 radical (unpaired) electrons. The predicted octanol–water partition coefficient (Wildman–Crippen LogP) is 2.18. The number of nitrogens with two attached hydrogens (primary N) is 1. The summed E-state index contributed by atoms with van der Waals surface area (Å²) in [5.74, 6) is -0.266. The van der Waals surface area contributed by atoms with E-state index in [1.807, 2.05) is 0 Å². The highest BCUT2D eigenvalue weighted by Gasteiger charge is 2.26. The van der Waals surface area contributed by atoms with Gasteiger partial charge in [-0.15, -0.1) is 0 Å². The molecule has 0 spiro atoms. The van der Waals surface area contributed by atoms with Gasteiger partial charge in [0.1, 0.15) is 0 Å². The van der Waals surface area contributed by atoms with Crippen LogP contribution in [0.25, 0.3) is 0 Å². The van der Waals surface area contributed by atoms with Crippen LogP contribution in [0, 0.1) is 5.92 Å². The predicted molar refractivity (Wildman–Crippen MR) is 104 cm³/mol. The molecule has 1 saturated heterocycles. The van der Waals surface area contributed by atoms with Crippen molar-refractivity contribution in [3.63, 3.8) is 0 Å². The number of hydrogen-bond donors (Lipinski definition) is 3. The summed E-state index contributed by atoms with van der Waals surface area (Å²) in [7, 11) is -3.76. The first kappa shape index (κ1) is 19.3. The maximum atomic E-state index is 12.6. The van der Waals surface area contributed by atoms with Crippen molar-refractivity contribution in [3.05, 3.63) is 54.6 Å². The molecule has 2 aromatic rings. The average molecular weight is 389 g/mol. The van der Waals surface area contributed by atoms with Crippen molar-refractivity contribution in [1.29, 1.82) is 0 Å². The van der Waals surface area contributed by atoms with Crippen LogP contribution in [0.4, 0.5) is 11.4 Å². The number of carbonyl (C=O) groups excluding carboxylic acids is 1. The van der Waals surface area contributed by atoms with Crippen LogP contribution in [0.3, 0.4) is 0 Å². The third-order valence-electron chi connectivity index (χ3n) is 4.51. The SMILES string of the molecule is NC(C(=O)Nc1cccc(S(=O)(=O)Nc2ccccc2)c1)C1CCOCC1. The molecule has 0 aliphatic carbocycles. The zero-order valence-corrected chi connectivity index (χ0v) is 15.6. The van der Waals surface area contributed by atoms with E-state index in [-0.39, 0.29) is 16.7 Å². The van der Waals surface area contributed by atoms with Crippen molar-refractivity contribution in [2.24, 2.45) is 11.7 Å². The molecule has 27 heavy (non-hydrogen) atoms. The fourth-order valence-electron chi connectivity index (χ4n) is 2.98. The fourth-order valence-corrected chi connectivity index (χ4v) is 4.08. The van der Waals surface area contributed by atoms with E-state index >= 15 is 0 Å². The maximum Gasteiger partial charge on any atom is 0.261 e. The number of anilines is 2. The van der Waals surface area contributed by atoms with E-state index in [9.17, 15) is 13.2 Å². The van der Waals surface area contributed by atoms with Crippen molar-refractivity contribution < 1.29 is 17.9 Å². The third-order valence-corrected chi connectivity index (χ3v) is 5.89. The van der Waals surface area contributed by atoms with Crippen molar-refractivity contribution in [1.82, 2.24) is 0 Å². The molecule has 144 valence electrons. The standard InChI is InChI=1S/C19H23N3O4S/c20-18(14-9-11-26-12-10-14)19(23)21-16-7-4-8-17(13-16)27(24,25)22-15-5-2-1-3-6-15/h1-8,13-14,18,22H,9-12,20H2,(H,21,23). The molecule has 1 aliphatic heterocycles. The van der Waals surface area contributed by atoms with Gasteiger partial charge in [-0.3, -0.25) is 9.52 Å². The summed E-state index contributed by atoms with van der Waals surface area (Å²) in [5, 5.41) is 2.72. The molecule has 0 saturated carbocycles. The molecular weight excluding hydrogens is 366 g/mol. The van der Waals surface area contributed by atoms with Gasteiger partial charge in [0.05, 0.1) is 10.9 Å². The monoisotopic (exact) mass is 389 g/mol. The summed E-state index contributed by atoms with van der Waals surface area (Å²) in [6.07, 6.45) is 1.48. The van der Waals surface area contributed by atoms with E-state index in [0.29, 0.717) is 24.6 Å². The molecule has 1 atom stereocenters. The molecule has 3 rings (SSSR count). The quantitative estimate of drug-likeness (QED) is 0.701. The van der Waals surface area contributed by atoms with E-state index in [2.05, 4.69) is 10.0 Å². The zero-order chi connectivity index (χ0) is 19.3. The number of nitrogens with one attached hydrogen (secondary N) is 2. The van der Waals surface area contributed by atoms with E-state index in [1.54, 1.807) is 42.5 Å². The molecular formula is C19H23N3O4S. The molecule has 1 amide bonds. The fraction of sp³-hybridized carbons (Fsp3) is 0.316. The molecule has 1 fully saturated rings. The topological polar surface area (TPSA) is 111 Å². The first-order valence-corrected chi connectivity index (χ1v) is 10.3. The van der Waals surface area contributed by atoms with Crippen LogP contribution in [0.5, 0.6) is 0 Å². The van der Waals surface area contributed by atoms with Gasteiger partial charge in [-0.2, -0.15) is 0 Å². The molecule has 4 N–H and O–H groups in total. The summed E-state index contributed by atoms with van der Waals surface area (Å²) in [4.78, 5) is 12.5. The smallest absolute Gasteiger partial charge is 0.261 e. The van der Waals surface area contributed by atoms with Gasteiger partial charge in [0.2, 0.25) is 5.91 Å². The summed E-state index contributed by atoms with van der Waals surface area (Å²) in [6, 6.07) is 14.1. The van der Waals surface area contributed by atoms with Crippen LogP contribution in [-0.2, 0) is 19.6 Å². The van der Waals surface area contributed by atoms with Crippen molar-refractivity contribution >= 4 is 27.3 Å². The van der Waals surface area contributed by atoms with Crippen LogP contribution >= 0.6 is 0 Å². The van der Waals surface area contributed by atoms with Gasteiger partial charge in [-0.05, 0) is 49.1 Å². The number of hydrogen-bond acceptors (Lipinski definition) is 5.